The van der Waals surface area contributed by atoms with Gasteiger partial charge in [-0.25, -0.2) is 9.37 Å². The molecule has 0 spiro atoms. The number of hydrogen-bond donors (Lipinski definition) is 1. The van der Waals surface area contributed by atoms with Crippen molar-refractivity contribution >= 4 is 22.9 Å². The molecule has 10 nitrogen and oxygen atoms in total. The summed E-state index contributed by atoms with van der Waals surface area (Å²) in [6, 6.07) is 4.54. The highest BCUT2D eigenvalue weighted by atomic mass is 19.1. The molecule has 2 aliphatic rings. The minimum atomic E-state index is -0.835. The van der Waals surface area contributed by atoms with E-state index in [4.69, 9.17) is 19.4 Å². The third kappa shape index (κ3) is 6.83. The third-order valence-electron chi connectivity index (χ3n) is 8.29. The first-order valence-electron chi connectivity index (χ1n) is 14.6. The summed E-state index contributed by atoms with van der Waals surface area (Å²) in [6.45, 7) is 4.88. The van der Waals surface area contributed by atoms with Crippen molar-refractivity contribution in [2.75, 3.05) is 19.6 Å². The first kappa shape index (κ1) is 28.9. The molecule has 1 atom stereocenters. The Morgan fingerprint density at radius 2 is 1.90 bits per heavy atom. The third-order valence-corrected chi connectivity index (χ3v) is 8.29. The standard InChI is InChI=1S/C30H37FN4O6/c1-19-22(13-17-34-15-11-20(12-16-34)28-23-10-9-21(31)18-25(23)41-33-28)30(39)35-14-5-6-24(29(35)32-19)40-27(38)8-4-2-3-7-26(36)37/h9-10,18,20,24H,2-8,11-17H2,1H3,(H,36,37). The molecule has 1 unspecified atom stereocenters. The smallest absolute Gasteiger partial charge is 0.306 e. The molecule has 5 rings (SSSR count). The molecule has 4 heterocycles. The predicted molar refractivity (Wildman–Crippen MR) is 148 cm³/mol. The molecule has 1 aromatic carbocycles. The number of carboxylic acids is 1. The lowest BCUT2D eigenvalue weighted by atomic mass is 9.91. The number of hydrogen-bond acceptors (Lipinski definition) is 8. The van der Waals surface area contributed by atoms with E-state index >= 15 is 0 Å². The Morgan fingerprint density at radius 3 is 2.68 bits per heavy atom. The van der Waals surface area contributed by atoms with Gasteiger partial charge in [0.1, 0.15) is 5.82 Å². The van der Waals surface area contributed by atoms with Crippen molar-refractivity contribution in [2.45, 2.75) is 89.7 Å². The van der Waals surface area contributed by atoms with E-state index in [9.17, 15) is 18.8 Å². The maximum Gasteiger partial charge on any atom is 0.306 e. The Kier molecular flexibility index (Phi) is 9.12. The van der Waals surface area contributed by atoms with Gasteiger partial charge in [0, 0.05) is 54.6 Å². The van der Waals surface area contributed by atoms with Gasteiger partial charge in [-0.3, -0.25) is 19.0 Å². The van der Waals surface area contributed by atoms with Gasteiger partial charge in [0.25, 0.3) is 5.56 Å². The monoisotopic (exact) mass is 568 g/mol. The Labute approximate surface area is 237 Å². The maximum atomic E-state index is 13.5. The van der Waals surface area contributed by atoms with E-state index in [2.05, 4.69) is 10.1 Å². The second kappa shape index (κ2) is 12.9. The summed E-state index contributed by atoms with van der Waals surface area (Å²) in [5, 5.41) is 13.8. The predicted octanol–water partition coefficient (Wildman–Crippen LogP) is 4.67. The van der Waals surface area contributed by atoms with Crippen molar-refractivity contribution in [1.82, 2.24) is 19.6 Å². The number of ether oxygens (including phenoxy) is 1. The van der Waals surface area contributed by atoms with Gasteiger partial charge in [0.05, 0.1) is 5.69 Å². The number of piperidine rings is 1. The highest BCUT2D eigenvalue weighted by Gasteiger charge is 2.29. The quantitative estimate of drug-likeness (QED) is 0.259. The second-order valence-electron chi connectivity index (χ2n) is 11.1. The van der Waals surface area contributed by atoms with Gasteiger partial charge in [-0.05, 0) is 77.1 Å². The van der Waals surface area contributed by atoms with E-state index < -0.39 is 12.1 Å². The topological polar surface area (TPSA) is 128 Å². The van der Waals surface area contributed by atoms with E-state index in [1.165, 1.54) is 12.1 Å². The zero-order valence-corrected chi connectivity index (χ0v) is 23.4. The Morgan fingerprint density at radius 1 is 1.12 bits per heavy atom. The zero-order chi connectivity index (χ0) is 28.9. The average molecular weight is 569 g/mol. The van der Waals surface area contributed by atoms with Gasteiger partial charge in [0.15, 0.2) is 17.5 Å². The average Bonchev–Trinajstić information content (AvgIpc) is 3.36. The first-order chi connectivity index (χ1) is 19.8. The van der Waals surface area contributed by atoms with Crippen LogP contribution in [0.4, 0.5) is 4.39 Å². The van der Waals surface area contributed by atoms with Crippen molar-refractivity contribution < 1.29 is 28.3 Å². The Balaban J connectivity index is 1.15. The maximum absolute atomic E-state index is 13.5. The summed E-state index contributed by atoms with van der Waals surface area (Å²) in [5.41, 5.74) is 2.68. The molecule has 0 aliphatic carbocycles. The number of likely N-dealkylation sites (tertiary alicyclic amines) is 1. The van der Waals surface area contributed by atoms with Gasteiger partial charge in [0.2, 0.25) is 0 Å². The van der Waals surface area contributed by atoms with E-state index in [-0.39, 0.29) is 36.1 Å². The van der Waals surface area contributed by atoms with Crippen LogP contribution in [0.1, 0.15) is 92.6 Å². The number of fused-ring (bicyclic) bond motifs is 2. The number of carbonyl (C=O) groups is 2. The number of aromatic nitrogens is 3. The minimum Gasteiger partial charge on any atom is -0.481 e. The molecule has 0 radical (unpaired) electrons. The molecule has 1 saturated heterocycles. The largest absolute Gasteiger partial charge is 0.481 e. The molecular weight excluding hydrogens is 531 g/mol. The lowest BCUT2D eigenvalue weighted by molar-refractivity contribution is -0.151. The number of carboxylic acid groups (broad SMARTS) is 1. The summed E-state index contributed by atoms with van der Waals surface area (Å²) in [6.07, 6.45) is 5.30. The number of halogens is 1. The lowest BCUT2D eigenvalue weighted by Crippen LogP contribution is -2.38. The van der Waals surface area contributed by atoms with Crippen LogP contribution in [0, 0.1) is 12.7 Å². The van der Waals surface area contributed by atoms with Gasteiger partial charge in [-0.15, -0.1) is 0 Å². The zero-order valence-electron chi connectivity index (χ0n) is 23.4. The molecule has 0 saturated carbocycles. The van der Waals surface area contributed by atoms with Gasteiger partial charge < -0.3 is 19.3 Å². The fourth-order valence-corrected chi connectivity index (χ4v) is 6.01. The van der Waals surface area contributed by atoms with Crippen LogP contribution in [0.2, 0.25) is 0 Å². The van der Waals surface area contributed by atoms with Crippen LogP contribution in [0.3, 0.4) is 0 Å². The second-order valence-corrected chi connectivity index (χ2v) is 11.1. The molecule has 41 heavy (non-hydrogen) atoms. The highest BCUT2D eigenvalue weighted by molar-refractivity contribution is 5.79. The molecule has 0 bridgehead atoms. The molecule has 1 N–H and O–H groups in total. The van der Waals surface area contributed by atoms with Crippen LogP contribution in [-0.2, 0) is 27.3 Å². The first-order valence-corrected chi connectivity index (χ1v) is 14.6. The van der Waals surface area contributed by atoms with Crippen molar-refractivity contribution in [3.05, 3.63) is 57.1 Å². The fourth-order valence-electron chi connectivity index (χ4n) is 6.01. The molecule has 3 aromatic rings. The number of unbranched alkanes of at least 4 members (excludes halogenated alkanes) is 2. The number of rotatable bonds is 11. The summed E-state index contributed by atoms with van der Waals surface area (Å²) >= 11 is 0. The fraction of sp³-hybridized carbons (Fsp3) is 0.567. The number of benzene rings is 1. The van der Waals surface area contributed by atoms with Gasteiger partial charge in [-0.2, -0.15) is 0 Å². The molecule has 2 aliphatic heterocycles. The number of esters is 1. The number of carbonyl (C=O) groups excluding carboxylic acids is 1. The SMILES string of the molecule is Cc1nc2n(c(=O)c1CCN1CCC(c3noc4cc(F)ccc34)CC1)CCCC2OC(=O)CCCCCC(=O)O. The highest BCUT2D eigenvalue weighted by Crippen LogP contribution is 2.33. The Hall–Kier alpha value is -3.60. The van der Waals surface area contributed by atoms with Crippen LogP contribution >= 0.6 is 0 Å². The molecule has 220 valence electrons. The van der Waals surface area contributed by atoms with Gasteiger partial charge >= 0.3 is 11.9 Å². The van der Waals surface area contributed by atoms with Crippen molar-refractivity contribution in [2.24, 2.45) is 0 Å². The van der Waals surface area contributed by atoms with Gasteiger partial charge in [-0.1, -0.05) is 11.6 Å². The van der Waals surface area contributed by atoms with Crippen LogP contribution in [0.15, 0.2) is 27.5 Å². The van der Waals surface area contributed by atoms with Crippen LogP contribution in [-0.4, -0.2) is 56.3 Å². The molecule has 1 fully saturated rings. The minimum absolute atomic E-state index is 0.0573. The van der Waals surface area contributed by atoms with Crippen molar-refractivity contribution in [1.29, 1.82) is 0 Å². The number of nitrogens with zero attached hydrogens (tertiary/aromatic N) is 4. The molecule has 11 heteroatoms. The summed E-state index contributed by atoms with van der Waals surface area (Å²) < 4.78 is 26.2. The van der Waals surface area contributed by atoms with Crippen LogP contribution in [0.25, 0.3) is 11.0 Å². The summed E-state index contributed by atoms with van der Waals surface area (Å²) in [5.74, 6) is -0.749. The van der Waals surface area contributed by atoms with Crippen LogP contribution in [0.5, 0.6) is 0 Å². The van der Waals surface area contributed by atoms with Crippen LogP contribution < -0.4 is 5.56 Å². The van der Waals surface area contributed by atoms with E-state index in [1.807, 2.05) is 6.92 Å². The molecular formula is C30H37FN4O6. The molecule has 0 amide bonds. The Bertz CT molecular complexity index is 1460. The summed E-state index contributed by atoms with van der Waals surface area (Å²) in [7, 11) is 0. The van der Waals surface area contributed by atoms with E-state index in [0.29, 0.717) is 61.3 Å². The molecule has 2 aromatic heterocycles. The van der Waals surface area contributed by atoms with Crippen molar-refractivity contribution in [3.63, 3.8) is 0 Å². The normalized spacial score (nSPS) is 18.0. The van der Waals surface area contributed by atoms with E-state index in [0.717, 1.165) is 50.0 Å². The van der Waals surface area contributed by atoms with Crippen molar-refractivity contribution in [3.8, 4) is 0 Å². The number of aryl methyl sites for hydroxylation is 1. The van der Waals surface area contributed by atoms with E-state index in [1.54, 1.807) is 10.6 Å². The summed E-state index contributed by atoms with van der Waals surface area (Å²) in [4.78, 5) is 43.6. The lowest BCUT2D eigenvalue weighted by Gasteiger charge is -2.31. The number of aliphatic carboxylic acids is 1.